The van der Waals surface area contributed by atoms with E-state index in [1.807, 2.05) is 13.8 Å². The molecular weight excluding hydrogens is 299 g/mol. The summed E-state index contributed by atoms with van der Waals surface area (Å²) in [7, 11) is 0. The van der Waals surface area contributed by atoms with Crippen molar-refractivity contribution in [3.05, 3.63) is 22.4 Å². The summed E-state index contributed by atoms with van der Waals surface area (Å²) >= 11 is 3.13. The van der Waals surface area contributed by atoms with Crippen LogP contribution in [0.15, 0.2) is 16.6 Å². The minimum absolute atomic E-state index is 0.120. The number of nitrogens with one attached hydrogen (secondary N) is 1. The lowest BCUT2D eigenvalue weighted by Gasteiger charge is -2.30. The molecule has 0 radical (unpaired) electrons. The van der Waals surface area contributed by atoms with Gasteiger partial charge in [0, 0.05) is 18.0 Å². The normalized spacial score (nSPS) is 11.6. The smallest absolute Gasteiger partial charge is 0.139 e. The summed E-state index contributed by atoms with van der Waals surface area (Å²) in [5.41, 5.74) is 6.65. The summed E-state index contributed by atoms with van der Waals surface area (Å²) in [6.45, 7) is 4.82. The average molecular weight is 319 g/mol. The molecule has 4 N–H and O–H groups in total. The number of aliphatic hydroxyl groups excluding tert-OH is 1. The Hall–Kier alpha value is -0.810. The van der Waals surface area contributed by atoms with Gasteiger partial charge in [-0.05, 0) is 34.8 Å². The molecule has 0 aliphatic carbocycles. The lowest BCUT2D eigenvalue weighted by atomic mass is 9.83. The Morgan fingerprint density at radius 2 is 2.00 bits per heavy atom. The first-order chi connectivity index (χ1) is 8.48. The minimum atomic E-state index is -0.377. The van der Waals surface area contributed by atoms with Crippen molar-refractivity contribution in [3.63, 3.8) is 0 Å². The first-order valence-electron chi connectivity index (χ1n) is 6.07. The Kier molecular flexibility index (Phi) is 5.41. The predicted octanol–water partition coefficient (Wildman–Crippen LogP) is 3.38. The molecule has 0 saturated heterocycles. The molecule has 1 aromatic carbocycles. The van der Waals surface area contributed by atoms with Gasteiger partial charge in [0.2, 0.25) is 0 Å². The number of benzene rings is 1. The quantitative estimate of drug-likeness (QED) is 0.705. The number of rotatable bonds is 6. The molecule has 0 unspecified atom stereocenters. The van der Waals surface area contributed by atoms with Crippen molar-refractivity contribution < 1.29 is 9.50 Å². The predicted molar refractivity (Wildman–Crippen MR) is 77.1 cm³/mol. The van der Waals surface area contributed by atoms with E-state index >= 15 is 0 Å². The van der Waals surface area contributed by atoms with Gasteiger partial charge in [0.05, 0.1) is 22.5 Å². The average Bonchev–Trinajstić information content (AvgIpc) is 2.37. The summed E-state index contributed by atoms with van der Waals surface area (Å²) in [5, 5.41) is 12.7. The van der Waals surface area contributed by atoms with Crippen molar-refractivity contribution in [1.82, 2.24) is 0 Å². The molecular formula is C13H20BrFN2O. The number of nitrogen functional groups attached to an aromatic ring is 1. The van der Waals surface area contributed by atoms with Crippen LogP contribution in [-0.2, 0) is 0 Å². The Morgan fingerprint density at radius 1 is 1.39 bits per heavy atom. The molecule has 0 saturated carbocycles. The highest BCUT2D eigenvalue weighted by molar-refractivity contribution is 9.10. The molecule has 0 amide bonds. The molecule has 0 spiro atoms. The van der Waals surface area contributed by atoms with Crippen LogP contribution in [-0.4, -0.2) is 18.3 Å². The first kappa shape index (κ1) is 15.2. The van der Waals surface area contributed by atoms with Gasteiger partial charge in [0.1, 0.15) is 5.82 Å². The van der Waals surface area contributed by atoms with E-state index in [9.17, 15) is 9.50 Å². The fourth-order valence-electron chi connectivity index (χ4n) is 1.78. The van der Waals surface area contributed by atoms with E-state index < -0.39 is 0 Å². The zero-order valence-corrected chi connectivity index (χ0v) is 12.3. The van der Waals surface area contributed by atoms with Crippen molar-refractivity contribution >= 4 is 27.3 Å². The van der Waals surface area contributed by atoms with Gasteiger partial charge in [-0.3, -0.25) is 0 Å². The highest BCUT2D eigenvalue weighted by Crippen LogP contribution is 2.30. The molecule has 5 heteroatoms. The Morgan fingerprint density at radius 3 is 2.50 bits per heavy atom. The van der Waals surface area contributed by atoms with Crippen molar-refractivity contribution in [1.29, 1.82) is 0 Å². The van der Waals surface area contributed by atoms with E-state index in [2.05, 4.69) is 21.2 Å². The molecule has 0 heterocycles. The monoisotopic (exact) mass is 318 g/mol. The molecule has 18 heavy (non-hydrogen) atoms. The second-order valence-corrected chi connectivity index (χ2v) is 5.43. The van der Waals surface area contributed by atoms with Crippen LogP contribution in [0.1, 0.15) is 26.7 Å². The van der Waals surface area contributed by atoms with Crippen LogP contribution < -0.4 is 11.1 Å². The maximum Gasteiger partial charge on any atom is 0.139 e. The molecule has 0 aliphatic rings. The third-order valence-electron chi connectivity index (χ3n) is 3.58. The van der Waals surface area contributed by atoms with Crippen molar-refractivity contribution in [3.8, 4) is 0 Å². The fraction of sp³-hybridized carbons (Fsp3) is 0.538. The Balaban J connectivity index is 2.83. The van der Waals surface area contributed by atoms with Crippen LogP contribution in [0, 0.1) is 11.2 Å². The van der Waals surface area contributed by atoms with Gasteiger partial charge in [-0.15, -0.1) is 0 Å². The maximum absolute atomic E-state index is 13.2. The number of hydrogen-bond donors (Lipinski definition) is 3. The van der Waals surface area contributed by atoms with Gasteiger partial charge in [0.25, 0.3) is 0 Å². The second kappa shape index (κ2) is 6.38. The third kappa shape index (κ3) is 3.36. The molecule has 102 valence electrons. The first-order valence-corrected chi connectivity index (χ1v) is 6.86. The highest BCUT2D eigenvalue weighted by Gasteiger charge is 2.25. The number of anilines is 2. The lowest BCUT2D eigenvalue weighted by Crippen LogP contribution is -2.32. The lowest BCUT2D eigenvalue weighted by molar-refractivity contribution is 0.127. The summed E-state index contributed by atoms with van der Waals surface area (Å²) in [6, 6.07) is 2.91. The van der Waals surface area contributed by atoms with Crippen LogP contribution in [0.3, 0.4) is 0 Å². The summed E-state index contributed by atoms with van der Waals surface area (Å²) in [6.07, 6.45) is 1.74. The van der Waals surface area contributed by atoms with Gasteiger partial charge in [-0.1, -0.05) is 13.8 Å². The molecule has 0 fully saturated rings. The summed E-state index contributed by atoms with van der Waals surface area (Å²) in [4.78, 5) is 0. The molecule has 0 aliphatic heterocycles. The van der Waals surface area contributed by atoms with Crippen LogP contribution >= 0.6 is 15.9 Å². The summed E-state index contributed by atoms with van der Waals surface area (Å²) in [5.74, 6) is -0.377. The SMILES string of the molecule is CCC(CC)(CO)CNc1cc(Br)c(F)cc1N. The Bertz CT molecular complexity index is 400. The summed E-state index contributed by atoms with van der Waals surface area (Å²) < 4.78 is 13.6. The van der Waals surface area contributed by atoms with Gasteiger partial charge in [-0.2, -0.15) is 0 Å². The van der Waals surface area contributed by atoms with Gasteiger partial charge in [-0.25, -0.2) is 4.39 Å². The van der Waals surface area contributed by atoms with E-state index in [0.29, 0.717) is 22.4 Å². The van der Waals surface area contributed by atoms with Gasteiger partial charge >= 0.3 is 0 Å². The number of nitrogens with two attached hydrogens (primary N) is 1. The van der Waals surface area contributed by atoms with Crippen molar-refractivity contribution in [2.45, 2.75) is 26.7 Å². The van der Waals surface area contributed by atoms with Crippen molar-refractivity contribution in [2.75, 3.05) is 24.2 Å². The zero-order valence-electron chi connectivity index (χ0n) is 10.8. The largest absolute Gasteiger partial charge is 0.397 e. The molecule has 1 rings (SSSR count). The van der Waals surface area contributed by atoms with E-state index in [0.717, 1.165) is 12.8 Å². The number of hydrogen-bond acceptors (Lipinski definition) is 3. The minimum Gasteiger partial charge on any atom is -0.397 e. The van der Waals surface area contributed by atoms with Crippen LogP contribution in [0.5, 0.6) is 0 Å². The van der Waals surface area contributed by atoms with E-state index in [1.54, 1.807) is 6.07 Å². The van der Waals surface area contributed by atoms with Crippen LogP contribution in [0.2, 0.25) is 0 Å². The molecule has 3 nitrogen and oxygen atoms in total. The zero-order chi connectivity index (χ0) is 13.8. The fourth-order valence-corrected chi connectivity index (χ4v) is 2.12. The number of aliphatic hydroxyl groups is 1. The third-order valence-corrected chi connectivity index (χ3v) is 4.19. The van der Waals surface area contributed by atoms with Crippen molar-refractivity contribution in [2.24, 2.45) is 5.41 Å². The van der Waals surface area contributed by atoms with Crippen LogP contribution in [0.4, 0.5) is 15.8 Å². The molecule has 1 aromatic rings. The van der Waals surface area contributed by atoms with E-state index in [-0.39, 0.29) is 17.8 Å². The highest BCUT2D eigenvalue weighted by atomic mass is 79.9. The Labute approximate surface area is 116 Å². The van der Waals surface area contributed by atoms with E-state index in [1.165, 1.54) is 6.07 Å². The molecule has 0 aromatic heterocycles. The maximum atomic E-state index is 13.2. The topological polar surface area (TPSA) is 58.3 Å². The second-order valence-electron chi connectivity index (χ2n) is 4.57. The standard InChI is InChI=1S/C13H20BrFN2O/c1-3-13(4-2,8-18)7-17-12-5-9(14)10(15)6-11(12)16/h5-6,17-18H,3-4,7-8,16H2,1-2H3. The molecule has 0 atom stereocenters. The van der Waals surface area contributed by atoms with Gasteiger partial charge in [0.15, 0.2) is 0 Å². The van der Waals surface area contributed by atoms with E-state index in [4.69, 9.17) is 5.73 Å². The van der Waals surface area contributed by atoms with Crippen LogP contribution in [0.25, 0.3) is 0 Å². The molecule has 0 bridgehead atoms. The number of halogens is 2. The van der Waals surface area contributed by atoms with Gasteiger partial charge < -0.3 is 16.2 Å².